The summed E-state index contributed by atoms with van der Waals surface area (Å²) in [6.07, 6.45) is -0.602. The Morgan fingerprint density at radius 1 is 1.00 bits per heavy atom. The summed E-state index contributed by atoms with van der Waals surface area (Å²) in [5.41, 5.74) is 0.806. The molecule has 0 saturated heterocycles. The van der Waals surface area contributed by atoms with Crippen LogP contribution in [0, 0.1) is 0 Å². The Morgan fingerprint density at radius 2 is 1.65 bits per heavy atom. The highest BCUT2D eigenvalue weighted by Crippen LogP contribution is 2.31. The van der Waals surface area contributed by atoms with Crippen molar-refractivity contribution in [2.45, 2.75) is 13.0 Å². The Balaban J connectivity index is 2.23. The molecule has 6 heteroatoms. The van der Waals surface area contributed by atoms with Gasteiger partial charge < -0.3 is 15.3 Å². The van der Waals surface area contributed by atoms with Crippen LogP contribution in [-0.2, 0) is 0 Å². The van der Waals surface area contributed by atoms with Gasteiger partial charge in [-0.1, -0.05) is 12.1 Å². The van der Waals surface area contributed by atoms with Crippen molar-refractivity contribution in [3.63, 3.8) is 0 Å². The zero-order chi connectivity index (χ0) is 18.7. The molecule has 0 radical (unpaired) electrons. The SMILES string of the molecule is CC(O)C[N+](CCO)(CCO)c1ccc2sc3ccccc3c(=O)c2c1. The maximum atomic E-state index is 13.0. The first-order valence-corrected chi connectivity index (χ1v) is 9.54. The second kappa shape index (κ2) is 7.82. The van der Waals surface area contributed by atoms with Crippen LogP contribution in [0.2, 0.25) is 0 Å². The molecule has 1 heterocycles. The molecule has 0 amide bonds. The van der Waals surface area contributed by atoms with Gasteiger partial charge in [-0.05, 0) is 25.1 Å². The van der Waals surface area contributed by atoms with Crippen molar-refractivity contribution < 1.29 is 15.3 Å². The van der Waals surface area contributed by atoms with Crippen molar-refractivity contribution in [2.24, 2.45) is 0 Å². The van der Waals surface area contributed by atoms with Gasteiger partial charge in [-0.2, -0.15) is 0 Å². The Labute approximate surface area is 156 Å². The van der Waals surface area contributed by atoms with E-state index in [9.17, 15) is 20.1 Å². The van der Waals surface area contributed by atoms with Gasteiger partial charge in [0.05, 0.1) is 13.2 Å². The van der Waals surface area contributed by atoms with Gasteiger partial charge in [0.2, 0.25) is 0 Å². The number of hydrogen-bond acceptors (Lipinski definition) is 5. The van der Waals surface area contributed by atoms with Gasteiger partial charge >= 0.3 is 0 Å². The molecular weight excluding hydrogens is 350 g/mol. The average molecular weight is 374 g/mol. The highest BCUT2D eigenvalue weighted by Gasteiger charge is 2.31. The number of benzene rings is 2. The van der Waals surface area contributed by atoms with Gasteiger partial charge in [0, 0.05) is 32.3 Å². The molecule has 1 unspecified atom stereocenters. The molecule has 3 N–H and O–H groups in total. The topological polar surface area (TPSA) is 77.8 Å². The van der Waals surface area contributed by atoms with Crippen LogP contribution in [0.25, 0.3) is 20.2 Å². The van der Waals surface area contributed by atoms with Crippen LogP contribution in [0.4, 0.5) is 5.69 Å². The van der Waals surface area contributed by atoms with E-state index >= 15 is 0 Å². The molecule has 3 rings (SSSR count). The number of fused-ring (bicyclic) bond motifs is 2. The number of aliphatic hydroxyl groups excluding tert-OH is 3. The highest BCUT2D eigenvalue weighted by molar-refractivity contribution is 7.24. The first-order valence-electron chi connectivity index (χ1n) is 8.73. The van der Waals surface area contributed by atoms with Gasteiger partial charge in [0.25, 0.3) is 0 Å². The lowest BCUT2D eigenvalue weighted by Gasteiger charge is -2.38. The van der Waals surface area contributed by atoms with Crippen LogP contribution in [0.1, 0.15) is 6.92 Å². The Kier molecular flexibility index (Phi) is 5.70. The third-order valence-corrected chi connectivity index (χ3v) is 5.93. The van der Waals surface area contributed by atoms with Gasteiger partial charge in [-0.25, -0.2) is 0 Å². The van der Waals surface area contributed by atoms with Crippen LogP contribution < -0.4 is 9.91 Å². The van der Waals surface area contributed by atoms with E-state index in [4.69, 9.17) is 0 Å². The predicted molar refractivity (Wildman–Crippen MR) is 108 cm³/mol. The maximum Gasteiger partial charge on any atom is 0.196 e. The second-order valence-corrected chi connectivity index (χ2v) is 7.76. The molecule has 138 valence electrons. The zero-order valence-corrected chi connectivity index (χ0v) is 15.6. The minimum absolute atomic E-state index is 0.0145. The molecule has 2 aromatic carbocycles. The molecule has 26 heavy (non-hydrogen) atoms. The van der Waals surface area contributed by atoms with Crippen LogP contribution in [0.15, 0.2) is 47.3 Å². The van der Waals surface area contributed by atoms with E-state index in [-0.39, 0.29) is 23.1 Å². The third kappa shape index (κ3) is 3.51. The quantitative estimate of drug-likeness (QED) is 0.437. The fourth-order valence-electron chi connectivity index (χ4n) is 3.63. The second-order valence-electron chi connectivity index (χ2n) is 6.68. The molecule has 3 aromatic rings. The minimum Gasteiger partial charge on any atom is -0.390 e. The van der Waals surface area contributed by atoms with Crippen LogP contribution in [-0.4, -0.2) is 54.3 Å². The maximum absolute atomic E-state index is 13.0. The molecule has 0 spiro atoms. The van der Waals surface area contributed by atoms with Crippen molar-refractivity contribution in [3.8, 4) is 0 Å². The fraction of sp³-hybridized carbons (Fsp3) is 0.350. The van der Waals surface area contributed by atoms with Crippen LogP contribution in [0.5, 0.6) is 0 Å². The molecule has 1 atom stereocenters. The molecule has 0 fully saturated rings. The molecular formula is C20H24NO4S+. The van der Waals surface area contributed by atoms with E-state index in [1.54, 1.807) is 18.3 Å². The van der Waals surface area contributed by atoms with Crippen molar-refractivity contribution in [2.75, 3.05) is 32.8 Å². The summed E-state index contributed by atoms with van der Waals surface area (Å²) in [6, 6.07) is 13.3. The lowest BCUT2D eigenvalue weighted by atomic mass is 10.1. The summed E-state index contributed by atoms with van der Waals surface area (Å²) < 4.78 is 2.09. The van der Waals surface area contributed by atoms with Crippen LogP contribution in [0.3, 0.4) is 0 Å². The molecule has 0 aliphatic carbocycles. The molecule has 0 saturated carbocycles. The summed E-state index contributed by atoms with van der Waals surface area (Å²) in [6.45, 7) is 2.63. The van der Waals surface area contributed by atoms with E-state index in [0.29, 0.717) is 30.4 Å². The Morgan fingerprint density at radius 3 is 2.31 bits per heavy atom. The van der Waals surface area contributed by atoms with Crippen molar-refractivity contribution in [1.29, 1.82) is 0 Å². The normalized spacial score (nSPS) is 13.4. The number of nitrogens with zero attached hydrogens (tertiary/aromatic N) is 1. The van der Waals surface area contributed by atoms with Crippen molar-refractivity contribution >= 4 is 37.2 Å². The number of hydrogen-bond donors (Lipinski definition) is 3. The Bertz CT molecular complexity index is 961. The number of aliphatic hydroxyl groups is 3. The third-order valence-electron chi connectivity index (χ3n) is 4.78. The van der Waals surface area contributed by atoms with E-state index in [1.165, 1.54) is 0 Å². The monoisotopic (exact) mass is 374 g/mol. The van der Waals surface area contributed by atoms with E-state index in [2.05, 4.69) is 0 Å². The Hall–Kier alpha value is -1.83. The summed E-state index contributed by atoms with van der Waals surface area (Å²) in [5.74, 6) is 0. The van der Waals surface area contributed by atoms with Gasteiger partial charge in [0.15, 0.2) is 5.43 Å². The summed E-state index contributed by atoms with van der Waals surface area (Å²) in [7, 11) is 0. The van der Waals surface area contributed by atoms with Gasteiger partial charge in [-0.15, -0.1) is 11.3 Å². The van der Waals surface area contributed by atoms with E-state index < -0.39 is 6.10 Å². The number of rotatable bonds is 7. The van der Waals surface area contributed by atoms with Crippen molar-refractivity contribution in [1.82, 2.24) is 4.48 Å². The molecule has 0 aliphatic heterocycles. The van der Waals surface area contributed by atoms with Gasteiger partial charge in [0.1, 0.15) is 31.4 Å². The smallest absolute Gasteiger partial charge is 0.196 e. The predicted octanol–water partition coefficient (Wildman–Crippen LogP) is 2.09. The summed E-state index contributed by atoms with van der Waals surface area (Å²) in [5, 5.41) is 30.4. The van der Waals surface area contributed by atoms with Crippen molar-refractivity contribution in [3.05, 3.63) is 52.7 Å². The average Bonchev–Trinajstić information content (AvgIpc) is 2.61. The lowest BCUT2D eigenvalue weighted by molar-refractivity contribution is 0.0998. The molecule has 0 aliphatic rings. The standard InChI is InChI=1S/C20H24NO4S/c1-14(24)13-21(8-10-22,9-11-23)15-6-7-19-17(12-15)20(25)16-4-2-3-5-18(16)26-19/h2-7,12,14,22-24H,8-11,13H2,1H3/q+1. The zero-order valence-electron chi connectivity index (χ0n) is 14.8. The lowest BCUT2D eigenvalue weighted by Crippen LogP contribution is -2.56. The first kappa shape index (κ1) is 18.9. The van der Waals surface area contributed by atoms with E-state index in [1.807, 2.05) is 42.5 Å². The first-order chi connectivity index (χ1) is 12.5. The minimum atomic E-state index is -0.602. The number of quaternary nitrogens is 1. The summed E-state index contributed by atoms with van der Waals surface area (Å²) >= 11 is 1.57. The molecule has 5 nitrogen and oxygen atoms in total. The summed E-state index contributed by atoms with van der Waals surface area (Å²) in [4.78, 5) is 13.0. The molecule has 1 aromatic heterocycles. The van der Waals surface area contributed by atoms with E-state index in [0.717, 1.165) is 15.1 Å². The highest BCUT2D eigenvalue weighted by atomic mass is 32.1. The van der Waals surface area contributed by atoms with Gasteiger partial charge in [-0.3, -0.25) is 9.28 Å². The fourth-order valence-corrected chi connectivity index (χ4v) is 4.68. The largest absolute Gasteiger partial charge is 0.390 e. The molecule has 0 bridgehead atoms. The van der Waals surface area contributed by atoms with Crippen LogP contribution >= 0.6 is 11.3 Å².